The van der Waals surface area contributed by atoms with Crippen LogP contribution in [0.4, 0.5) is 0 Å². The SMILES string of the molecule is CCC1CCCC(c2nc3c(c(=O)[nH]2)COCC3)C1. The summed E-state index contributed by atoms with van der Waals surface area (Å²) in [4.78, 5) is 19.8. The number of nitrogens with one attached hydrogen (secondary N) is 1. The summed E-state index contributed by atoms with van der Waals surface area (Å²) in [6.45, 7) is 3.36. The molecule has 0 bridgehead atoms. The second-order valence-electron chi connectivity index (χ2n) is 5.82. The van der Waals surface area contributed by atoms with Crippen LogP contribution in [0.25, 0.3) is 0 Å². The largest absolute Gasteiger partial charge is 0.376 e. The molecule has 1 aliphatic heterocycles. The van der Waals surface area contributed by atoms with E-state index in [0.29, 0.717) is 19.1 Å². The Morgan fingerprint density at radius 2 is 2.32 bits per heavy atom. The Balaban J connectivity index is 1.88. The summed E-state index contributed by atoms with van der Waals surface area (Å²) in [6, 6.07) is 0. The van der Waals surface area contributed by atoms with Gasteiger partial charge in [0, 0.05) is 12.3 Å². The van der Waals surface area contributed by atoms with E-state index in [4.69, 9.17) is 9.72 Å². The van der Waals surface area contributed by atoms with Crippen LogP contribution in [0.15, 0.2) is 4.79 Å². The summed E-state index contributed by atoms with van der Waals surface area (Å²) in [5.41, 5.74) is 1.71. The molecule has 1 aromatic rings. The van der Waals surface area contributed by atoms with Crippen molar-refractivity contribution in [2.24, 2.45) is 5.92 Å². The van der Waals surface area contributed by atoms with Crippen molar-refractivity contribution in [3.8, 4) is 0 Å². The van der Waals surface area contributed by atoms with Gasteiger partial charge in [-0.2, -0.15) is 0 Å². The number of ether oxygens (including phenoxy) is 1. The Hall–Kier alpha value is -1.16. The van der Waals surface area contributed by atoms with Crippen LogP contribution in [0.2, 0.25) is 0 Å². The van der Waals surface area contributed by atoms with Crippen molar-refractivity contribution in [2.75, 3.05) is 6.61 Å². The number of hydrogen-bond acceptors (Lipinski definition) is 3. The molecule has 4 heteroatoms. The highest BCUT2D eigenvalue weighted by Gasteiger charge is 2.25. The number of aromatic amines is 1. The molecule has 2 heterocycles. The highest BCUT2D eigenvalue weighted by Crippen LogP contribution is 2.36. The Kier molecular flexibility index (Phi) is 3.69. The van der Waals surface area contributed by atoms with Gasteiger partial charge in [-0.1, -0.05) is 26.2 Å². The summed E-state index contributed by atoms with van der Waals surface area (Å²) in [5.74, 6) is 2.16. The molecule has 0 aromatic carbocycles. The molecule has 2 unspecified atom stereocenters. The van der Waals surface area contributed by atoms with Crippen molar-refractivity contribution in [1.29, 1.82) is 0 Å². The fourth-order valence-electron chi connectivity index (χ4n) is 3.37. The molecule has 1 aromatic heterocycles. The van der Waals surface area contributed by atoms with E-state index in [2.05, 4.69) is 11.9 Å². The minimum Gasteiger partial charge on any atom is -0.376 e. The molecular weight excluding hydrogens is 240 g/mol. The maximum atomic E-state index is 12.1. The van der Waals surface area contributed by atoms with Gasteiger partial charge in [0.2, 0.25) is 0 Å². The van der Waals surface area contributed by atoms with Crippen LogP contribution in [0.1, 0.15) is 62.0 Å². The van der Waals surface area contributed by atoms with Crippen LogP contribution in [-0.4, -0.2) is 16.6 Å². The normalized spacial score (nSPS) is 27.0. The molecule has 1 fully saturated rings. The Bertz CT molecular complexity index is 509. The number of fused-ring (bicyclic) bond motifs is 1. The molecule has 1 saturated carbocycles. The van der Waals surface area contributed by atoms with Gasteiger partial charge in [0.15, 0.2) is 0 Å². The van der Waals surface area contributed by atoms with Crippen molar-refractivity contribution >= 4 is 0 Å². The average molecular weight is 262 g/mol. The van der Waals surface area contributed by atoms with Gasteiger partial charge in [-0.05, 0) is 18.8 Å². The predicted octanol–water partition coefficient (Wildman–Crippen LogP) is 2.53. The molecule has 3 rings (SSSR count). The fraction of sp³-hybridized carbons (Fsp3) is 0.733. The summed E-state index contributed by atoms with van der Waals surface area (Å²) in [5, 5.41) is 0. The second kappa shape index (κ2) is 5.45. The molecule has 104 valence electrons. The zero-order valence-electron chi connectivity index (χ0n) is 11.6. The lowest BCUT2D eigenvalue weighted by Gasteiger charge is -2.28. The monoisotopic (exact) mass is 262 g/mol. The van der Waals surface area contributed by atoms with Gasteiger partial charge in [-0.25, -0.2) is 4.98 Å². The predicted molar refractivity (Wildman–Crippen MR) is 73.2 cm³/mol. The summed E-state index contributed by atoms with van der Waals surface area (Å²) < 4.78 is 5.34. The zero-order chi connectivity index (χ0) is 13.2. The molecule has 0 radical (unpaired) electrons. The number of rotatable bonds is 2. The van der Waals surface area contributed by atoms with Gasteiger partial charge < -0.3 is 9.72 Å². The van der Waals surface area contributed by atoms with Crippen LogP contribution in [0.5, 0.6) is 0 Å². The number of aromatic nitrogens is 2. The molecule has 2 atom stereocenters. The first-order valence-electron chi connectivity index (χ1n) is 7.47. The van der Waals surface area contributed by atoms with E-state index in [9.17, 15) is 4.79 Å². The molecule has 0 amide bonds. The van der Waals surface area contributed by atoms with Crippen LogP contribution in [-0.2, 0) is 17.8 Å². The maximum absolute atomic E-state index is 12.1. The van der Waals surface area contributed by atoms with Crippen LogP contribution in [0.3, 0.4) is 0 Å². The van der Waals surface area contributed by atoms with Crippen LogP contribution >= 0.6 is 0 Å². The molecule has 19 heavy (non-hydrogen) atoms. The second-order valence-corrected chi connectivity index (χ2v) is 5.82. The van der Waals surface area contributed by atoms with Gasteiger partial charge in [-0.15, -0.1) is 0 Å². The standard InChI is InChI=1S/C15H22N2O2/c1-2-10-4-3-5-11(8-10)14-16-13-6-7-19-9-12(13)15(18)17-14/h10-11H,2-9H2,1H3,(H,16,17,18). The van der Waals surface area contributed by atoms with E-state index in [0.717, 1.165) is 35.8 Å². The summed E-state index contributed by atoms with van der Waals surface area (Å²) in [7, 11) is 0. The van der Waals surface area contributed by atoms with Crippen molar-refractivity contribution in [3.05, 3.63) is 27.4 Å². The quantitative estimate of drug-likeness (QED) is 0.891. The van der Waals surface area contributed by atoms with E-state index < -0.39 is 0 Å². The first-order chi connectivity index (χ1) is 9.28. The third kappa shape index (κ3) is 2.59. The zero-order valence-corrected chi connectivity index (χ0v) is 11.6. The van der Waals surface area contributed by atoms with E-state index in [1.54, 1.807) is 0 Å². The van der Waals surface area contributed by atoms with Gasteiger partial charge in [0.05, 0.1) is 24.5 Å². The van der Waals surface area contributed by atoms with Crippen molar-refractivity contribution in [3.63, 3.8) is 0 Å². The molecule has 2 aliphatic rings. The van der Waals surface area contributed by atoms with E-state index >= 15 is 0 Å². The lowest BCUT2D eigenvalue weighted by Crippen LogP contribution is -2.27. The number of H-pyrrole nitrogens is 1. The summed E-state index contributed by atoms with van der Waals surface area (Å²) in [6.07, 6.45) is 6.93. The highest BCUT2D eigenvalue weighted by atomic mass is 16.5. The lowest BCUT2D eigenvalue weighted by molar-refractivity contribution is 0.107. The van der Waals surface area contributed by atoms with Gasteiger partial charge >= 0.3 is 0 Å². The smallest absolute Gasteiger partial charge is 0.256 e. The van der Waals surface area contributed by atoms with Gasteiger partial charge in [0.25, 0.3) is 5.56 Å². The van der Waals surface area contributed by atoms with Gasteiger partial charge in [0.1, 0.15) is 5.82 Å². The third-order valence-corrected chi connectivity index (χ3v) is 4.60. The minimum absolute atomic E-state index is 0.0123. The van der Waals surface area contributed by atoms with Crippen molar-refractivity contribution < 1.29 is 4.74 Å². The Morgan fingerprint density at radius 3 is 3.16 bits per heavy atom. The highest BCUT2D eigenvalue weighted by molar-refractivity contribution is 5.20. The molecule has 0 saturated heterocycles. The third-order valence-electron chi connectivity index (χ3n) is 4.60. The number of hydrogen-bond donors (Lipinski definition) is 1. The van der Waals surface area contributed by atoms with Crippen LogP contribution in [0, 0.1) is 5.92 Å². The molecule has 4 nitrogen and oxygen atoms in total. The fourth-order valence-corrected chi connectivity index (χ4v) is 3.37. The Labute approximate surface area is 113 Å². The first kappa shape index (κ1) is 12.9. The van der Waals surface area contributed by atoms with Crippen molar-refractivity contribution in [1.82, 2.24) is 9.97 Å². The Morgan fingerprint density at radius 1 is 1.42 bits per heavy atom. The summed E-state index contributed by atoms with van der Waals surface area (Å²) >= 11 is 0. The topological polar surface area (TPSA) is 55.0 Å². The van der Waals surface area contributed by atoms with Crippen LogP contribution < -0.4 is 5.56 Å². The molecular formula is C15H22N2O2. The van der Waals surface area contributed by atoms with E-state index in [-0.39, 0.29) is 5.56 Å². The number of nitrogens with zero attached hydrogens (tertiary/aromatic N) is 1. The average Bonchev–Trinajstić information content (AvgIpc) is 2.47. The molecule has 1 aliphatic carbocycles. The maximum Gasteiger partial charge on any atom is 0.256 e. The molecule has 0 spiro atoms. The van der Waals surface area contributed by atoms with E-state index in [1.807, 2.05) is 0 Å². The minimum atomic E-state index is 0.0123. The van der Waals surface area contributed by atoms with E-state index in [1.165, 1.54) is 25.7 Å². The van der Waals surface area contributed by atoms with Crippen molar-refractivity contribution in [2.45, 2.75) is 58.0 Å². The van der Waals surface area contributed by atoms with Gasteiger partial charge in [-0.3, -0.25) is 4.79 Å². The lowest BCUT2D eigenvalue weighted by atomic mass is 9.80. The first-order valence-corrected chi connectivity index (χ1v) is 7.47. The molecule has 1 N–H and O–H groups in total.